The molecule has 1 aromatic carbocycles. The molecule has 1 aromatic heterocycles. The number of fused-ring (bicyclic) bond motifs is 3. The predicted molar refractivity (Wildman–Crippen MR) is 102 cm³/mol. The van der Waals surface area contributed by atoms with Crippen molar-refractivity contribution in [3.63, 3.8) is 0 Å². The SMILES string of the molecule is Cc1nc2c(c(=O)[nH]1)C[C@@H]1CC[C@H](C2)N1Cc1ccc(OC(C)C)cc1. The Balaban J connectivity index is 1.54. The van der Waals surface area contributed by atoms with E-state index in [4.69, 9.17) is 4.74 Å². The minimum atomic E-state index is 0.0511. The van der Waals surface area contributed by atoms with Crippen LogP contribution >= 0.6 is 0 Å². The number of rotatable bonds is 4. The highest BCUT2D eigenvalue weighted by molar-refractivity contribution is 5.29. The van der Waals surface area contributed by atoms with Crippen LogP contribution in [0.4, 0.5) is 0 Å². The van der Waals surface area contributed by atoms with Crippen LogP contribution in [-0.4, -0.2) is 33.1 Å². The first kappa shape index (κ1) is 17.3. The summed E-state index contributed by atoms with van der Waals surface area (Å²) in [6.45, 7) is 6.86. The molecule has 0 aliphatic carbocycles. The first-order chi connectivity index (χ1) is 12.5. The molecule has 0 amide bonds. The highest BCUT2D eigenvalue weighted by Gasteiger charge is 2.38. The van der Waals surface area contributed by atoms with Crippen molar-refractivity contribution in [2.75, 3.05) is 0 Å². The van der Waals surface area contributed by atoms with Crippen LogP contribution in [0.15, 0.2) is 29.1 Å². The second-order valence-corrected chi connectivity index (χ2v) is 7.85. The molecule has 1 N–H and O–H groups in total. The Labute approximate surface area is 154 Å². The number of nitrogens with zero attached hydrogens (tertiary/aromatic N) is 2. The lowest BCUT2D eigenvalue weighted by atomic mass is 9.98. The van der Waals surface area contributed by atoms with Gasteiger partial charge in [0.2, 0.25) is 0 Å². The summed E-state index contributed by atoms with van der Waals surface area (Å²) in [6.07, 6.45) is 4.22. The number of aryl methyl sites for hydroxylation is 1. The van der Waals surface area contributed by atoms with Gasteiger partial charge in [-0.2, -0.15) is 0 Å². The van der Waals surface area contributed by atoms with Gasteiger partial charge in [-0.25, -0.2) is 4.98 Å². The maximum atomic E-state index is 12.4. The molecule has 0 saturated carbocycles. The summed E-state index contributed by atoms with van der Waals surface area (Å²) in [6, 6.07) is 9.33. The van der Waals surface area contributed by atoms with Crippen molar-refractivity contribution in [3.8, 4) is 5.75 Å². The third kappa shape index (κ3) is 3.40. The van der Waals surface area contributed by atoms with Crippen LogP contribution < -0.4 is 10.3 Å². The molecule has 0 unspecified atom stereocenters. The number of hydrogen-bond donors (Lipinski definition) is 1. The van der Waals surface area contributed by atoms with E-state index in [0.717, 1.165) is 48.6 Å². The molecular formula is C21H27N3O2. The van der Waals surface area contributed by atoms with E-state index in [9.17, 15) is 4.79 Å². The smallest absolute Gasteiger partial charge is 0.254 e. The summed E-state index contributed by atoms with van der Waals surface area (Å²) >= 11 is 0. The maximum absolute atomic E-state index is 12.4. The Morgan fingerprint density at radius 2 is 1.88 bits per heavy atom. The zero-order valence-electron chi connectivity index (χ0n) is 15.8. The second-order valence-electron chi connectivity index (χ2n) is 7.85. The minimum absolute atomic E-state index is 0.0511. The van der Waals surface area contributed by atoms with E-state index >= 15 is 0 Å². The highest BCUT2D eigenvalue weighted by Crippen LogP contribution is 2.34. The number of hydrogen-bond acceptors (Lipinski definition) is 4. The lowest BCUT2D eigenvalue weighted by molar-refractivity contribution is 0.187. The molecule has 26 heavy (non-hydrogen) atoms. The Bertz CT molecular complexity index is 841. The van der Waals surface area contributed by atoms with E-state index in [1.807, 2.05) is 20.8 Å². The number of nitrogens with one attached hydrogen (secondary N) is 1. The van der Waals surface area contributed by atoms with Gasteiger partial charge in [-0.1, -0.05) is 12.1 Å². The molecule has 1 fully saturated rings. The average Bonchev–Trinajstić information content (AvgIpc) is 2.84. The zero-order valence-corrected chi connectivity index (χ0v) is 15.8. The minimum Gasteiger partial charge on any atom is -0.491 e. The van der Waals surface area contributed by atoms with Gasteiger partial charge in [0.25, 0.3) is 5.56 Å². The summed E-state index contributed by atoms with van der Waals surface area (Å²) in [4.78, 5) is 22.5. The molecule has 5 heteroatoms. The van der Waals surface area contributed by atoms with Crippen molar-refractivity contribution in [2.45, 2.75) is 71.2 Å². The van der Waals surface area contributed by atoms with E-state index in [-0.39, 0.29) is 11.7 Å². The molecule has 0 radical (unpaired) electrons. The number of aromatic amines is 1. The van der Waals surface area contributed by atoms with Crippen LogP contribution in [0.25, 0.3) is 0 Å². The number of H-pyrrole nitrogens is 1. The third-order valence-electron chi connectivity index (χ3n) is 5.52. The van der Waals surface area contributed by atoms with Crippen LogP contribution in [0.1, 0.15) is 49.3 Å². The zero-order chi connectivity index (χ0) is 18.3. The Kier molecular flexibility index (Phi) is 4.57. The average molecular weight is 353 g/mol. The van der Waals surface area contributed by atoms with Crippen molar-refractivity contribution in [1.29, 1.82) is 0 Å². The number of ether oxygens (including phenoxy) is 1. The van der Waals surface area contributed by atoms with E-state index in [2.05, 4.69) is 39.1 Å². The van der Waals surface area contributed by atoms with Crippen molar-refractivity contribution < 1.29 is 4.74 Å². The molecule has 138 valence electrons. The standard InChI is InChI=1S/C21H27N3O2/c1-13(2)26-18-8-4-15(5-9-18)12-24-16-6-7-17(24)11-20-19(10-16)21(25)23-14(3)22-20/h4-5,8-9,13,16-17H,6-7,10-12H2,1-3H3,(H,22,23,25)/t16-,17+/m0/s1. The van der Waals surface area contributed by atoms with Crippen molar-refractivity contribution in [3.05, 3.63) is 57.3 Å². The van der Waals surface area contributed by atoms with Gasteiger partial charge in [0, 0.05) is 30.6 Å². The number of aromatic nitrogens is 2. The Morgan fingerprint density at radius 3 is 2.58 bits per heavy atom. The molecule has 0 spiro atoms. The van der Waals surface area contributed by atoms with E-state index in [1.165, 1.54) is 12.0 Å². The fraction of sp³-hybridized carbons (Fsp3) is 0.524. The lowest BCUT2D eigenvalue weighted by Crippen LogP contribution is -2.36. The molecule has 2 atom stereocenters. The fourth-order valence-electron chi connectivity index (χ4n) is 4.37. The van der Waals surface area contributed by atoms with Gasteiger partial charge >= 0.3 is 0 Å². The number of benzene rings is 1. The first-order valence-corrected chi connectivity index (χ1v) is 9.59. The highest BCUT2D eigenvalue weighted by atomic mass is 16.5. The Morgan fingerprint density at radius 1 is 1.19 bits per heavy atom. The van der Waals surface area contributed by atoms with Gasteiger partial charge in [-0.05, 0) is 57.7 Å². The van der Waals surface area contributed by atoms with Crippen LogP contribution in [0.2, 0.25) is 0 Å². The van der Waals surface area contributed by atoms with Crippen LogP contribution in [0.3, 0.4) is 0 Å². The molecule has 2 aromatic rings. The fourth-order valence-corrected chi connectivity index (χ4v) is 4.37. The topological polar surface area (TPSA) is 58.2 Å². The molecule has 2 aliphatic heterocycles. The summed E-state index contributed by atoms with van der Waals surface area (Å²) in [5.41, 5.74) is 3.25. The van der Waals surface area contributed by atoms with Gasteiger partial charge < -0.3 is 9.72 Å². The summed E-state index contributed by atoms with van der Waals surface area (Å²) in [5.74, 6) is 1.64. The van der Waals surface area contributed by atoms with Gasteiger partial charge in [0.1, 0.15) is 11.6 Å². The van der Waals surface area contributed by atoms with Gasteiger partial charge in [-0.15, -0.1) is 0 Å². The first-order valence-electron chi connectivity index (χ1n) is 9.59. The molecular weight excluding hydrogens is 326 g/mol. The third-order valence-corrected chi connectivity index (χ3v) is 5.52. The predicted octanol–water partition coefficient (Wildman–Crippen LogP) is 3.00. The normalized spacial score (nSPS) is 22.3. The quantitative estimate of drug-likeness (QED) is 0.918. The van der Waals surface area contributed by atoms with Crippen LogP contribution in [0.5, 0.6) is 5.75 Å². The largest absolute Gasteiger partial charge is 0.491 e. The summed E-state index contributed by atoms with van der Waals surface area (Å²) in [7, 11) is 0. The van der Waals surface area contributed by atoms with Gasteiger partial charge in [0.05, 0.1) is 11.8 Å². The maximum Gasteiger partial charge on any atom is 0.254 e. The van der Waals surface area contributed by atoms with Gasteiger partial charge in [0.15, 0.2) is 0 Å². The van der Waals surface area contributed by atoms with E-state index in [0.29, 0.717) is 12.1 Å². The summed E-state index contributed by atoms with van der Waals surface area (Å²) < 4.78 is 5.74. The molecule has 3 heterocycles. The molecule has 4 rings (SSSR count). The Hall–Kier alpha value is -2.14. The van der Waals surface area contributed by atoms with Crippen molar-refractivity contribution in [1.82, 2.24) is 14.9 Å². The van der Waals surface area contributed by atoms with Crippen molar-refractivity contribution >= 4 is 0 Å². The molecule has 1 saturated heterocycles. The van der Waals surface area contributed by atoms with Crippen LogP contribution in [-0.2, 0) is 19.4 Å². The van der Waals surface area contributed by atoms with E-state index in [1.54, 1.807) is 0 Å². The molecule has 2 aliphatic rings. The molecule has 5 nitrogen and oxygen atoms in total. The molecule has 2 bridgehead atoms. The van der Waals surface area contributed by atoms with Gasteiger partial charge in [-0.3, -0.25) is 9.69 Å². The van der Waals surface area contributed by atoms with E-state index < -0.39 is 0 Å². The van der Waals surface area contributed by atoms with Crippen LogP contribution in [0, 0.1) is 6.92 Å². The van der Waals surface area contributed by atoms with Crippen molar-refractivity contribution in [2.24, 2.45) is 0 Å². The summed E-state index contributed by atoms with van der Waals surface area (Å²) in [5, 5.41) is 0. The lowest BCUT2D eigenvalue weighted by Gasteiger charge is -2.28. The second kappa shape index (κ2) is 6.88. The monoisotopic (exact) mass is 353 g/mol.